The topological polar surface area (TPSA) is 51.2 Å². The molecule has 0 bridgehead atoms. The Morgan fingerprint density at radius 3 is 2.73 bits per heavy atom. The number of hydrogen-bond donors (Lipinski definition) is 2. The van der Waals surface area contributed by atoms with Crippen LogP contribution in [-0.2, 0) is 6.54 Å². The number of benzene rings is 2. The predicted molar refractivity (Wildman–Crippen MR) is 94.9 cm³/mol. The van der Waals surface area contributed by atoms with E-state index in [9.17, 15) is 5.11 Å². The molecule has 2 aromatic carbocycles. The summed E-state index contributed by atoms with van der Waals surface area (Å²) in [6.45, 7) is 2.36. The van der Waals surface area contributed by atoms with Gasteiger partial charge in [-0.2, -0.15) is 0 Å². The van der Waals surface area contributed by atoms with Crippen LogP contribution in [0.3, 0.4) is 0 Å². The molecule has 3 aromatic rings. The van der Waals surface area contributed by atoms with Gasteiger partial charge in [0.05, 0.1) is 6.10 Å². The fourth-order valence-electron chi connectivity index (χ4n) is 2.75. The van der Waals surface area contributed by atoms with E-state index in [2.05, 4.69) is 29.0 Å². The van der Waals surface area contributed by atoms with Crippen LogP contribution in [0.25, 0.3) is 22.0 Å². The van der Waals surface area contributed by atoms with E-state index >= 15 is 0 Å². The number of thiocarbonyl (C=S) groups is 1. The molecule has 0 fully saturated rings. The van der Waals surface area contributed by atoms with Crippen LogP contribution in [0.2, 0.25) is 0 Å². The third-order valence-corrected chi connectivity index (χ3v) is 3.94. The minimum absolute atomic E-state index is 0.397. The molecule has 1 aromatic heterocycles. The van der Waals surface area contributed by atoms with Crippen LogP contribution in [0.1, 0.15) is 12.5 Å². The number of para-hydroxylation sites is 1. The highest BCUT2D eigenvalue weighted by Crippen LogP contribution is 2.31. The predicted octanol–water partition coefficient (Wildman–Crippen LogP) is 3.32. The summed E-state index contributed by atoms with van der Waals surface area (Å²) < 4.78 is 2.09. The SMILES string of the molecule is CC(O)Cn1cc(-c2cccc(C(N)=S)c2)c2ccccc21. The highest BCUT2D eigenvalue weighted by atomic mass is 32.1. The Bertz CT molecular complexity index is 836. The average Bonchev–Trinajstić information content (AvgIpc) is 2.86. The second-order valence-electron chi connectivity index (χ2n) is 5.51. The maximum absolute atomic E-state index is 9.71. The average molecular weight is 310 g/mol. The lowest BCUT2D eigenvalue weighted by atomic mass is 10.0. The van der Waals surface area contributed by atoms with Gasteiger partial charge in [0.15, 0.2) is 0 Å². The van der Waals surface area contributed by atoms with Crippen molar-refractivity contribution in [3.63, 3.8) is 0 Å². The van der Waals surface area contributed by atoms with Gasteiger partial charge in [-0.1, -0.05) is 48.6 Å². The zero-order valence-electron chi connectivity index (χ0n) is 12.4. The summed E-state index contributed by atoms with van der Waals surface area (Å²) in [5.41, 5.74) is 9.90. The van der Waals surface area contributed by atoms with E-state index in [1.54, 1.807) is 6.92 Å². The number of fused-ring (bicyclic) bond motifs is 1. The Balaban J connectivity index is 2.18. The van der Waals surface area contributed by atoms with Gasteiger partial charge in [-0.3, -0.25) is 0 Å². The maximum atomic E-state index is 9.71. The number of rotatable bonds is 4. The maximum Gasteiger partial charge on any atom is 0.104 e. The number of aliphatic hydroxyl groups excluding tert-OH is 1. The van der Waals surface area contributed by atoms with Crippen molar-refractivity contribution < 1.29 is 5.11 Å². The molecule has 0 saturated heterocycles. The largest absolute Gasteiger partial charge is 0.392 e. The van der Waals surface area contributed by atoms with Crippen molar-refractivity contribution in [3.05, 3.63) is 60.3 Å². The van der Waals surface area contributed by atoms with Crippen LogP contribution in [0, 0.1) is 0 Å². The van der Waals surface area contributed by atoms with Crippen LogP contribution in [0.4, 0.5) is 0 Å². The van der Waals surface area contributed by atoms with Crippen LogP contribution in [0.15, 0.2) is 54.7 Å². The summed E-state index contributed by atoms with van der Waals surface area (Å²) in [6, 6.07) is 16.1. The lowest BCUT2D eigenvalue weighted by Gasteiger charge is -2.07. The summed E-state index contributed by atoms with van der Waals surface area (Å²) in [5, 5.41) is 10.9. The Kier molecular flexibility index (Phi) is 3.96. The van der Waals surface area contributed by atoms with E-state index in [-0.39, 0.29) is 0 Å². The van der Waals surface area contributed by atoms with Gasteiger partial charge >= 0.3 is 0 Å². The smallest absolute Gasteiger partial charge is 0.104 e. The summed E-state index contributed by atoms with van der Waals surface area (Å²) >= 11 is 5.07. The van der Waals surface area contributed by atoms with Crippen molar-refractivity contribution in [2.45, 2.75) is 19.6 Å². The molecule has 112 valence electrons. The van der Waals surface area contributed by atoms with Crippen molar-refractivity contribution >= 4 is 28.1 Å². The monoisotopic (exact) mass is 310 g/mol. The molecule has 0 amide bonds. The number of aliphatic hydroxyl groups is 1. The molecule has 3 nitrogen and oxygen atoms in total. The zero-order valence-corrected chi connectivity index (χ0v) is 13.2. The van der Waals surface area contributed by atoms with Gasteiger partial charge in [0.25, 0.3) is 0 Å². The van der Waals surface area contributed by atoms with Crippen LogP contribution in [0.5, 0.6) is 0 Å². The third-order valence-electron chi connectivity index (χ3n) is 3.71. The number of aromatic nitrogens is 1. The van der Waals surface area contributed by atoms with E-state index in [1.807, 2.05) is 30.3 Å². The van der Waals surface area contributed by atoms with Crippen molar-refractivity contribution in [3.8, 4) is 11.1 Å². The second kappa shape index (κ2) is 5.91. The zero-order chi connectivity index (χ0) is 15.7. The van der Waals surface area contributed by atoms with Gasteiger partial charge in [-0.05, 0) is 24.6 Å². The van der Waals surface area contributed by atoms with Crippen molar-refractivity contribution in [1.29, 1.82) is 0 Å². The molecule has 1 unspecified atom stereocenters. The molecule has 3 N–H and O–H groups in total. The van der Waals surface area contributed by atoms with Crippen LogP contribution in [-0.4, -0.2) is 20.8 Å². The molecule has 1 atom stereocenters. The van der Waals surface area contributed by atoms with Crippen LogP contribution >= 0.6 is 12.2 Å². The fraction of sp³-hybridized carbons (Fsp3) is 0.167. The molecule has 1 heterocycles. The summed E-state index contributed by atoms with van der Waals surface area (Å²) in [5.74, 6) is 0. The summed E-state index contributed by atoms with van der Waals surface area (Å²) in [4.78, 5) is 0.398. The number of hydrogen-bond acceptors (Lipinski definition) is 2. The van der Waals surface area contributed by atoms with E-state index in [4.69, 9.17) is 18.0 Å². The lowest BCUT2D eigenvalue weighted by molar-refractivity contribution is 0.175. The molecule has 22 heavy (non-hydrogen) atoms. The van der Waals surface area contributed by atoms with E-state index in [1.165, 1.54) is 0 Å². The molecule has 0 aliphatic rings. The van der Waals surface area contributed by atoms with Crippen molar-refractivity contribution in [2.75, 3.05) is 0 Å². The van der Waals surface area contributed by atoms with E-state index < -0.39 is 6.10 Å². The van der Waals surface area contributed by atoms with E-state index in [0.717, 1.165) is 27.6 Å². The first-order valence-electron chi connectivity index (χ1n) is 7.22. The Labute approximate surface area is 135 Å². The minimum atomic E-state index is -0.397. The Morgan fingerprint density at radius 1 is 1.23 bits per heavy atom. The Morgan fingerprint density at radius 2 is 2.00 bits per heavy atom. The molecule has 0 aliphatic heterocycles. The number of nitrogens with two attached hydrogens (primary N) is 1. The number of nitrogens with zero attached hydrogens (tertiary/aromatic N) is 1. The minimum Gasteiger partial charge on any atom is -0.392 e. The first-order chi connectivity index (χ1) is 10.6. The fourth-order valence-corrected chi connectivity index (χ4v) is 2.88. The molecule has 4 heteroatoms. The van der Waals surface area contributed by atoms with Crippen molar-refractivity contribution in [1.82, 2.24) is 4.57 Å². The quantitative estimate of drug-likeness (QED) is 0.727. The van der Waals surface area contributed by atoms with Gasteiger partial charge in [0, 0.05) is 34.8 Å². The lowest BCUT2D eigenvalue weighted by Crippen LogP contribution is -2.10. The first kappa shape index (κ1) is 14.8. The van der Waals surface area contributed by atoms with Gasteiger partial charge < -0.3 is 15.4 Å². The van der Waals surface area contributed by atoms with Gasteiger partial charge in [0.1, 0.15) is 4.99 Å². The van der Waals surface area contributed by atoms with Gasteiger partial charge in [-0.15, -0.1) is 0 Å². The second-order valence-corrected chi connectivity index (χ2v) is 5.95. The normalized spacial score (nSPS) is 12.5. The molecule has 0 saturated carbocycles. The van der Waals surface area contributed by atoms with Crippen molar-refractivity contribution in [2.24, 2.45) is 5.73 Å². The van der Waals surface area contributed by atoms with Gasteiger partial charge in [0.2, 0.25) is 0 Å². The molecule has 0 spiro atoms. The third kappa shape index (κ3) is 2.75. The highest BCUT2D eigenvalue weighted by molar-refractivity contribution is 7.80. The summed E-state index contributed by atoms with van der Waals surface area (Å²) in [7, 11) is 0. The first-order valence-corrected chi connectivity index (χ1v) is 7.63. The molecule has 3 rings (SSSR count). The van der Waals surface area contributed by atoms with Crippen LogP contribution < -0.4 is 5.73 Å². The summed E-state index contributed by atoms with van der Waals surface area (Å²) in [6.07, 6.45) is 1.68. The molecular formula is C18H18N2OS. The van der Waals surface area contributed by atoms with E-state index in [0.29, 0.717) is 11.5 Å². The highest BCUT2D eigenvalue weighted by Gasteiger charge is 2.11. The standard InChI is InChI=1S/C18H18N2OS/c1-12(21)10-20-11-16(15-7-2-3-8-17(15)20)13-5-4-6-14(9-13)18(19)22/h2-9,11-12,21H,10H2,1H3,(H2,19,22). The molecular weight excluding hydrogens is 292 g/mol. The molecule has 0 radical (unpaired) electrons. The van der Waals surface area contributed by atoms with Gasteiger partial charge in [-0.25, -0.2) is 0 Å². The molecule has 0 aliphatic carbocycles. The Hall–Kier alpha value is -2.17.